The fraction of sp³-hybridized carbons (Fsp3) is 0.375. The number of carboxylic acid groups (broad SMARTS) is 1. The third-order valence-electron chi connectivity index (χ3n) is 5.82. The van der Waals surface area contributed by atoms with E-state index in [1.807, 2.05) is 36.4 Å². The van der Waals surface area contributed by atoms with Crippen LogP contribution in [0.15, 0.2) is 60.7 Å². The first-order valence-electron chi connectivity index (χ1n) is 10.0. The molecule has 3 rings (SSSR count). The second-order valence-electron chi connectivity index (χ2n) is 8.58. The van der Waals surface area contributed by atoms with Gasteiger partial charge in [-0.2, -0.15) is 0 Å². The lowest BCUT2D eigenvalue weighted by molar-refractivity contribution is 0.112. The van der Waals surface area contributed by atoms with Gasteiger partial charge < -0.3 is 9.53 Å². The molecule has 29 heavy (non-hydrogen) atoms. The van der Waals surface area contributed by atoms with Gasteiger partial charge in [-0.05, 0) is 28.3 Å². The Balaban J connectivity index is 2.03. The Morgan fingerprint density at radius 3 is 2.03 bits per heavy atom. The van der Waals surface area contributed by atoms with Gasteiger partial charge in [0.2, 0.25) is 0 Å². The molecule has 1 N–H and O–H groups in total. The first-order valence-corrected chi connectivity index (χ1v) is 11.9. The summed E-state index contributed by atoms with van der Waals surface area (Å²) in [6.07, 6.45) is 6.00. The Kier molecular flexibility index (Phi) is 6.16. The van der Waals surface area contributed by atoms with Gasteiger partial charge in [0, 0.05) is 0 Å². The predicted octanol–water partition coefficient (Wildman–Crippen LogP) is 3.71. The van der Waals surface area contributed by atoms with Gasteiger partial charge in [0.1, 0.15) is 0 Å². The summed E-state index contributed by atoms with van der Waals surface area (Å²) in [6, 6.07) is 20.1. The minimum absolute atomic E-state index is 0.145. The number of hydrogen-bond acceptors (Lipinski definition) is 2. The van der Waals surface area contributed by atoms with Gasteiger partial charge >= 0.3 is 6.09 Å². The number of hydrogen-bond donors (Lipinski definition) is 1. The molecule has 2 aromatic rings. The molecule has 0 aliphatic carbocycles. The average molecular weight is 408 g/mol. The summed E-state index contributed by atoms with van der Waals surface area (Å²) in [5.74, 6) is 2.62. The number of likely N-dealkylation sites (tertiary alicyclic amines) is 1. The molecule has 0 saturated carbocycles. The zero-order valence-corrected chi connectivity index (χ0v) is 18.3. The van der Waals surface area contributed by atoms with Gasteiger partial charge in [0.25, 0.3) is 8.32 Å². The van der Waals surface area contributed by atoms with Crippen LogP contribution in [0.4, 0.5) is 4.79 Å². The van der Waals surface area contributed by atoms with Gasteiger partial charge in [-0.3, -0.25) is 4.90 Å². The molecule has 0 bridgehead atoms. The molecule has 0 spiro atoms. The Bertz CT molecular complexity index is 831. The van der Waals surface area contributed by atoms with Crippen molar-refractivity contribution in [2.24, 2.45) is 0 Å². The largest absolute Gasteiger partial charge is 0.465 e. The number of amides is 1. The molecule has 2 atom stereocenters. The second-order valence-corrected chi connectivity index (χ2v) is 12.9. The lowest BCUT2D eigenvalue weighted by Gasteiger charge is -2.44. The highest BCUT2D eigenvalue weighted by molar-refractivity contribution is 6.99. The molecule has 1 fully saturated rings. The summed E-state index contributed by atoms with van der Waals surface area (Å²) >= 11 is 0. The van der Waals surface area contributed by atoms with Crippen molar-refractivity contribution < 1.29 is 14.3 Å². The molecular formula is C24H29NO3Si. The number of rotatable bonds is 5. The third-order valence-corrected chi connectivity index (χ3v) is 10.8. The molecule has 152 valence electrons. The van der Waals surface area contributed by atoms with E-state index in [1.165, 1.54) is 15.3 Å². The van der Waals surface area contributed by atoms with E-state index in [-0.39, 0.29) is 17.1 Å². The molecule has 1 saturated heterocycles. The van der Waals surface area contributed by atoms with Gasteiger partial charge in [0.15, 0.2) is 0 Å². The van der Waals surface area contributed by atoms with Crippen molar-refractivity contribution in [1.82, 2.24) is 4.90 Å². The molecule has 0 radical (unpaired) electrons. The van der Waals surface area contributed by atoms with Crippen molar-refractivity contribution in [1.29, 1.82) is 0 Å². The van der Waals surface area contributed by atoms with Gasteiger partial charge in [-0.15, -0.1) is 6.42 Å². The van der Waals surface area contributed by atoms with Crippen LogP contribution >= 0.6 is 0 Å². The number of nitrogens with zero attached hydrogens (tertiary/aromatic N) is 1. The highest BCUT2D eigenvalue weighted by Gasteiger charge is 2.51. The zero-order chi connectivity index (χ0) is 21.1. The maximum atomic E-state index is 11.8. The van der Waals surface area contributed by atoms with E-state index >= 15 is 0 Å². The molecule has 1 heterocycles. The summed E-state index contributed by atoms with van der Waals surface area (Å²) < 4.78 is 6.89. The summed E-state index contributed by atoms with van der Waals surface area (Å²) in [4.78, 5) is 13.2. The molecule has 1 aliphatic heterocycles. The molecule has 1 aliphatic rings. The lowest BCUT2D eigenvalue weighted by Crippen LogP contribution is -2.67. The van der Waals surface area contributed by atoms with Gasteiger partial charge in [0.05, 0.1) is 18.7 Å². The van der Waals surface area contributed by atoms with Gasteiger partial charge in [-0.1, -0.05) is 87.4 Å². The minimum atomic E-state index is -2.68. The molecular weight excluding hydrogens is 378 g/mol. The highest BCUT2D eigenvalue weighted by atomic mass is 28.4. The minimum Gasteiger partial charge on any atom is -0.465 e. The van der Waals surface area contributed by atoms with Crippen molar-refractivity contribution in [2.75, 3.05) is 6.61 Å². The van der Waals surface area contributed by atoms with Crippen LogP contribution in [0, 0.1) is 12.3 Å². The van der Waals surface area contributed by atoms with Crippen molar-refractivity contribution >= 4 is 24.8 Å². The fourth-order valence-corrected chi connectivity index (χ4v) is 9.08. The molecule has 1 amide bonds. The van der Waals surface area contributed by atoms with Crippen LogP contribution in [0.2, 0.25) is 5.04 Å². The van der Waals surface area contributed by atoms with Crippen molar-refractivity contribution in [2.45, 2.75) is 50.7 Å². The first-order chi connectivity index (χ1) is 13.8. The Morgan fingerprint density at radius 1 is 1.10 bits per heavy atom. The van der Waals surface area contributed by atoms with E-state index in [4.69, 9.17) is 10.8 Å². The van der Waals surface area contributed by atoms with Crippen LogP contribution in [-0.2, 0) is 4.43 Å². The van der Waals surface area contributed by atoms with Crippen LogP contribution < -0.4 is 10.4 Å². The third kappa shape index (κ3) is 3.96. The Labute approximate surface area is 174 Å². The second kappa shape index (κ2) is 8.44. The topological polar surface area (TPSA) is 49.8 Å². The maximum Gasteiger partial charge on any atom is 0.408 e. The normalized spacial score (nSPS) is 19.7. The first kappa shape index (κ1) is 21.2. The molecule has 2 aromatic carbocycles. The summed E-state index contributed by atoms with van der Waals surface area (Å²) in [6.45, 7) is 6.99. The SMILES string of the molecule is C#C[C@H]1CC[C@H](CO[Si](c2ccccc2)(c2ccccc2)C(C)(C)C)N1C(=O)O. The van der Waals surface area contributed by atoms with Crippen molar-refractivity contribution in [3.8, 4) is 12.3 Å². The van der Waals surface area contributed by atoms with E-state index in [0.717, 1.165) is 6.42 Å². The number of terminal acetylenes is 1. The molecule has 5 heteroatoms. The molecule has 0 aromatic heterocycles. The Hall–Kier alpha value is -2.55. The van der Waals surface area contributed by atoms with Gasteiger partial charge in [-0.25, -0.2) is 4.79 Å². The van der Waals surface area contributed by atoms with Crippen molar-refractivity contribution in [3.05, 3.63) is 60.7 Å². The molecule has 0 unspecified atom stereocenters. The summed E-state index contributed by atoms with van der Waals surface area (Å²) in [5.41, 5.74) is 0. The van der Waals surface area contributed by atoms with Crippen molar-refractivity contribution in [3.63, 3.8) is 0 Å². The van der Waals surface area contributed by atoms with Crippen LogP contribution in [0.25, 0.3) is 0 Å². The quantitative estimate of drug-likeness (QED) is 0.607. The monoisotopic (exact) mass is 407 g/mol. The standard InChI is InChI=1S/C24H29NO3Si/c1-5-19-16-17-20(25(19)23(26)27)18-28-29(24(2,3)4,21-12-8-6-9-13-21)22-14-10-7-11-15-22/h1,6-15,19-20H,16-18H2,2-4H3,(H,26,27)/t19-,20+/m0/s1. The molecule has 4 nitrogen and oxygen atoms in total. The highest BCUT2D eigenvalue weighted by Crippen LogP contribution is 2.37. The van der Waals surface area contributed by atoms with E-state index in [2.05, 4.69) is 51.0 Å². The van der Waals surface area contributed by atoms with Crippen LogP contribution in [0.3, 0.4) is 0 Å². The lowest BCUT2D eigenvalue weighted by atomic mass is 10.2. The van der Waals surface area contributed by atoms with Crippen LogP contribution in [-0.4, -0.2) is 43.1 Å². The predicted molar refractivity (Wildman–Crippen MR) is 119 cm³/mol. The summed E-state index contributed by atoms with van der Waals surface area (Å²) in [7, 11) is -2.68. The Morgan fingerprint density at radius 2 is 1.62 bits per heavy atom. The smallest absolute Gasteiger partial charge is 0.408 e. The van der Waals surface area contributed by atoms with Crippen LogP contribution in [0.5, 0.6) is 0 Å². The number of benzene rings is 2. The van der Waals surface area contributed by atoms with Crippen LogP contribution in [0.1, 0.15) is 33.6 Å². The zero-order valence-electron chi connectivity index (χ0n) is 17.3. The average Bonchev–Trinajstić information content (AvgIpc) is 3.12. The maximum absolute atomic E-state index is 11.8. The van der Waals surface area contributed by atoms with E-state index < -0.39 is 14.4 Å². The number of carbonyl (C=O) groups is 1. The fourth-order valence-electron chi connectivity index (χ4n) is 4.48. The van der Waals surface area contributed by atoms with E-state index in [9.17, 15) is 9.90 Å². The summed E-state index contributed by atoms with van der Waals surface area (Å²) in [5, 5.41) is 11.9. The van der Waals surface area contributed by atoms with E-state index in [0.29, 0.717) is 13.0 Å². The van der Waals surface area contributed by atoms with E-state index in [1.54, 1.807) is 0 Å².